The first-order chi connectivity index (χ1) is 12.8. The van der Waals surface area contributed by atoms with Gasteiger partial charge in [0.05, 0.1) is 9.92 Å². The number of rotatable bonds is 4. The van der Waals surface area contributed by atoms with Gasteiger partial charge in [-0.05, 0) is 43.9 Å². The molecule has 0 spiro atoms. The molecule has 27 heavy (non-hydrogen) atoms. The number of aromatic nitrogens is 3. The standard InChI is InChI=1S/C17H20ClFN4O3S/c1-21-17(24)23(12-2-3-12)16(20-21)11-6-8-22(9-7-11)27(25,26)13-4-5-15(19)14(18)10-13/h4-5,10-12H,2-3,6-9H2,1H3. The predicted molar refractivity (Wildman–Crippen MR) is 97.9 cm³/mol. The Morgan fingerprint density at radius 2 is 1.85 bits per heavy atom. The van der Waals surface area contributed by atoms with E-state index in [0.717, 1.165) is 30.8 Å². The first kappa shape index (κ1) is 18.6. The van der Waals surface area contributed by atoms with E-state index in [0.29, 0.717) is 25.9 Å². The van der Waals surface area contributed by atoms with Gasteiger partial charge in [-0.25, -0.2) is 22.3 Å². The van der Waals surface area contributed by atoms with Crippen molar-refractivity contribution in [1.82, 2.24) is 18.7 Å². The molecule has 1 aromatic heterocycles. The number of piperidine rings is 1. The monoisotopic (exact) mass is 414 g/mol. The van der Waals surface area contributed by atoms with Crippen LogP contribution in [0.2, 0.25) is 5.02 Å². The summed E-state index contributed by atoms with van der Waals surface area (Å²) in [5.74, 6) is 0.150. The van der Waals surface area contributed by atoms with E-state index < -0.39 is 15.8 Å². The van der Waals surface area contributed by atoms with E-state index in [1.807, 2.05) is 0 Å². The number of nitrogens with zero attached hydrogens (tertiary/aromatic N) is 4. The van der Waals surface area contributed by atoms with E-state index in [-0.39, 0.29) is 27.6 Å². The SMILES string of the molecule is Cn1nc(C2CCN(S(=O)(=O)c3ccc(F)c(Cl)c3)CC2)n(C2CC2)c1=O. The van der Waals surface area contributed by atoms with Crippen molar-refractivity contribution in [3.8, 4) is 0 Å². The van der Waals surface area contributed by atoms with Gasteiger partial charge in [-0.1, -0.05) is 11.6 Å². The van der Waals surface area contributed by atoms with Crippen LogP contribution in [0.3, 0.4) is 0 Å². The summed E-state index contributed by atoms with van der Waals surface area (Å²) in [6, 6.07) is 3.65. The minimum atomic E-state index is -3.74. The third kappa shape index (κ3) is 3.32. The molecule has 1 aromatic carbocycles. The third-order valence-electron chi connectivity index (χ3n) is 5.24. The summed E-state index contributed by atoms with van der Waals surface area (Å²) in [5, 5.41) is 4.19. The van der Waals surface area contributed by atoms with Gasteiger partial charge in [0, 0.05) is 32.1 Å². The van der Waals surface area contributed by atoms with Crippen LogP contribution in [-0.2, 0) is 17.1 Å². The topological polar surface area (TPSA) is 77.2 Å². The van der Waals surface area contributed by atoms with Crippen LogP contribution in [0.15, 0.2) is 27.9 Å². The molecule has 0 atom stereocenters. The van der Waals surface area contributed by atoms with E-state index >= 15 is 0 Å². The number of hydrogen-bond donors (Lipinski definition) is 0. The molecule has 2 fully saturated rings. The maximum absolute atomic E-state index is 13.3. The van der Waals surface area contributed by atoms with E-state index in [1.54, 1.807) is 11.6 Å². The Bertz CT molecular complexity index is 1040. The fourth-order valence-corrected chi connectivity index (χ4v) is 5.34. The molecule has 0 radical (unpaired) electrons. The van der Waals surface area contributed by atoms with Gasteiger partial charge < -0.3 is 0 Å². The molecule has 1 aliphatic carbocycles. The average molecular weight is 415 g/mol. The minimum absolute atomic E-state index is 0.0138. The highest BCUT2D eigenvalue weighted by atomic mass is 35.5. The summed E-state index contributed by atoms with van der Waals surface area (Å²) in [6.07, 6.45) is 3.13. The normalized spacial score (nSPS) is 19.5. The molecule has 2 aliphatic rings. The molecular formula is C17H20ClFN4O3S. The highest BCUT2D eigenvalue weighted by Crippen LogP contribution is 2.38. The van der Waals surface area contributed by atoms with E-state index in [2.05, 4.69) is 5.10 Å². The molecule has 2 heterocycles. The molecule has 10 heteroatoms. The molecule has 1 saturated carbocycles. The zero-order chi connectivity index (χ0) is 19.3. The van der Waals surface area contributed by atoms with Gasteiger partial charge in [0.25, 0.3) is 0 Å². The molecule has 146 valence electrons. The molecule has 0 N–H and O–H groups in total. The second-order valence-electron chi connectivity index (χ2n) is 7.12. The van der Waals surface area contributed by atoms with Gasteiger partial charge in [0.2, 0.25) is 10.0 Å². The van der Waals surface area contributed by atoms with Crippen molar-refractivity contribution < 1.29 is 12.8 Å². The molecule has 0 amide bonds. The van der Waals surface area contributed by atoms with Crippen molar-refractivity contribution in [2.45, 2.75) is 42.5 Å². The molecule has 4 rings (SSSR count). The quantitative estimate of drug-likeness (QED) is 0.769. The van der Waals surface area contributed by atoms with E-state index in [1.165, 1.54) is 15.1 Å². The van der Waals surface area contributed by atoms with E-state index in [4.69, 9.17) is 11.6 Å². The van der Waals surface area contributed by atoms with Crippen molar-refractivity contribution in [1.29, 1.82) is 0 Å². The number of aryl methyl sites for hydroxylation is 1. The van der Waals surface area contributed by atoms with Gasteiger partial charge in [-0.15, -0.1) is 0 Å². The van der Waals surface area contributed by atoms with Crippen LogP contribution in [0.4, 0.5) is 4.39 Å². The molecule has 7 nitrogen and oxygen atoms in total. The molecule has 0 unspecified atom stereocenters. The zero-order valence-corrected chi connectivity index (χ0v) is 16.4. The summed E-state index contributed by atoms with van der Waals surface area (Å²) in [4.78, 5) is 12.3. The second kappa shape index (κ2) is 6.72. The summed E-state index contributed by atoms with van der Waals surface area (Å²) in [5.41, 5.74) is -0.108. The molecule has 1 saturated heterocycles. The third-order valence-corrected chi connectivity index (χ3v) is 7.43. The Morgan fingerprint density at radius 3 is 2.44 bits per heavy atom. The van der Waals surface area contributed by atoms with Crippen LogP contribution in [-0.4, -0.2) is 40.2 Å². The van der Waals surface area contributed by atoms with Crippen LogP contribution >= 0.6 is 11.6 Å². The Hall–Kier alpha value is -1.71. The zero-order valence-electron chi connectivity index (χ0n) is 14.8. The van der Waals surface area contributed by atoms with Gasteiger partial charge in [0.1, 0.15) is 11.6 Å². The second-order valence-corrected chi connectivity index (χ2v) is 9.46. The largest absolute Gasteiger partial charge is 0.345 e. The van der Waals surface area contributed by atoms with Gasteiger partial charge in [-0.3, -0.25) is 4.57 Å². The maximum atomic E-state index is 13.3. The lowest BCUT2D eigenvalue weighted by molar-refractivity contribution is 0.308. The Balaban J connectivity index is 1.53. The predicted octanol–water partition coefficient (Wildman–Crippen LogP) is 2.28. The first-order valence-electron chi connectivity index (χ1n) is 8.89. The Morgan fingerprint density at radius 1 is 1.19 bits per heavy atom. The smallest absolute Gasteiger partial charge is 0.276 e. The number of halogens is 2. The first-order valence-corrected chi connectivity index (χ1v) is 10.7. The van der Waals surface area contributed by atoms with Crippen molar-refractivity contribution in [2.75, 3.05) is 13.1 Å². The molecule has 2 aromatic rings. The number of benzene rings is 1. The fraction of sp³-hybridized carbons (Fsp3) is 0.529. The lowest BCUT2D eigenvalue weighted by Crippen LogP contribution is -2.38. The van der Waals surface area contributed by atoms with E-state index in [9.17, 15) is 17.6 Å². The van der Waals surface area contributed by atoms with Crippen LogP contribution in [0.5, 0.6) is 0 Å². The van der Waals surface area contributed by atoms with Gasteiger partial charge in [-0.2, -0.15) is 9.40 Å². The van der Waals surface area contributed by atoms with Crippen LogP contribution in [0.25, 0.3) is 0 Å². The number of sulfonamides is 1. The van der Waals surface area contributed by atoms with Crippen LogP contribution < -0.4 is 5.69 Å². The fourth-order valence-electron chi connectivity index (χ4n) is 3.59. The van der Waals surface area contributed by atoms with Crippen molar-refractivity contribution in [2.24, 2.45) is 7.05 Å². The lowest BCUT2D eigenvalue weighted by atomic mass is 9.97. The maximum Gasteiger partial charge on any atom is 0.345 e. The summed E-state index contributed by atoms with van der Waals surface area (Å²) in [6.45, 7) is 0.634. The van der Waals surface area contributed by atoms with Gasteiger partial charge in [0.15, 0.2) is 0 Å². The van der Waals surface area contributed by atoms with Crippen LogP contribution in [0.1, 0.15) is 43.5 Å². The molecule has 1 aliphatic heterocycles. The average Bonchev–Trinajstić information content (AvgIpc) is 3.43. The van der Waals surface area contributed by atoms with Crippen molar-refractivity contribution in [3.05, 3.63) is 45.3 Å². The Labute approximate surface area is 161 Å². The number of hydrogen-bond acceptors (Lipinski definition) is 4. The molecule has 0 bridgehead atoms. The van der Waals surface area contributed by atoms with Crippen molar-refractivity contribution >= 4 is 21.6 Å². The van der Waals surface area contributed by atoms with Crippen LogP contribution in [0, 0.1) is 5.82 Å². The molecular weight excluding hydrogens is 395 g/mol. The summed E-state index contributed by atoms with van der Waals surface area (Å²) in [7, 11) is -2.09. The summed E-state index contributed by atoms with van der Waals surface area (Å²) < 4.78 is 43.5. The highest BCUT2D eigenvalue weighted by molar-refractivity contribution is 7.89. The Kier molecular flexibility index (Phi) is 4.64. The van der Waals surface area contributed by atoms with Gasteiger partial charge >= 0.3 is 5.69 Å². The highest BCUT2D eigenvalue weighted by Gasteiger charge is 2.36. The minimum Gasteiger partial charge on any atom is -0.276 e. The van der Waals surface area contributed by atoms with Crippen molar-refractivity contribution in [3.63, 3.8) is 0 Å². The lowest BCUT2D eigenvalue weighted by Gasteiger charge is -2.30. The summed E-state index contributed by atoms with van der Waals surface area (Å²) >= 11 is 5.73.